The van der Waals surface area contributed by atoms with Gasteiger partial charge in [-0.15, -0.1) is 0 Å². The van der Waals surface area contributed by atoms with Crippen molar-refractivity contribution < 1.29 is 9.53 Å². The quantitative estimate of drug-likeness (QED) is 0.594. The summed E-state index contributed by atoms with van der Waals surface area (Å²) in [7, 11) is 1.30. The van der Waals surface area contributed by atoms with Gasteiger partial charge in [0.05, 0.1) is 30.1 Å². The second-order valence-corrected chi connectivity index (χ2v) is 5.45. The van der Waals surface area contributed by atoms with Gasteiger partial charge in [-0.1, -0.05) is 30.3 Å². The molecule has 1 aromatic heterocycles. The molecule has 2 aromatic carbocycles. The zero-order valence-corrected chi connectivity index (χ0v) is 13.2. The van der Waals surface area contributed by atoms with Crippen molar-refractivity contribution in [1.82, 2.24) is 9.55 Å². The number of carbonyl (C=O) groups is 1. The topological polar surface area (TPSA) is 64.1 Å². The van der Waals surface area contributed by atoms with Gasteiger partial charge in [-0.2, -0.15) is 0 Å². The number of aromatic nitrogens is 2. The molecule has 0 aliphatic heterocycles. The van der Waals surface area contributed by atoms with Gasteiger partial charge in [-0.05, 0) is 36.0 Å². The Kier molecular flexibility index (Phi) is 4.08. The van der Waals surface area contributed by atoms with E-state index in [4.69, 9.17) is 17.0 Å². The molecule has 0 atom stereocenters. The lowest BCUT2D eigenvalue weighted by Crippen LogP contribution is -2.23. The number of H-pyrrole nitrogens is 1. The number of nitrogens with zero attached hydrogens (tertiary/aromatic N) is 1. The number of fused-ring (bicyclic) bond motifs is 1. The minimum absolute atomic E-state index is 0.238. The van der Waals surface area contributed by atoms with Crippen LogP contribution in [0.3, 0.4) is 0 Å². The second kappa shape index (κ2) is 6.18. The minimum Gasteiger partial charge on any atom is -0.465 e. The van der Waals surface area contributed by atoms with E-state index in [1.54, 1.807) is 12.1 Å². The number of carbonyl (C=O) groups excluding carboxylic acids is 1. The normalized spacial score (nSPS) is 10.7. The molecule has 0 amide bonds. The van der Waals surface area contributed by atoms with Gasteiger partial charge in [0.25, 0.3) is 5.56 Å². The number of benzene rings is 2. The van der Waals surface area contributed by atoms with E-state index in [2.05, 4.69) is 4.98 Å². The summed E-state index contributed by atoms with van der Waals surface area (Å²) in [5, 5.41) is 0.400. The molecule has 0 bridgehead atoms. The molecule has 23 heavy (non-hydrogen) atoms. The number of aromatic amines is 1. The Bertz CT molecular complexity index is 990. The number of methoxy groups -OCH3 is 1. The standard InChI is InChI=1S/C17H14N2O3S/c1-22-16(21)12-7-8-14-13(9-12)15(20)19(17(23)18-14)10-11-5-3-2-4-6-11/h2-9H,10H2,1H3,(H,18,23). The summed E-state index contributed by atoms with van der Waals surface area (Å²) in [5.74, 6) is -0.483. The first kappa shape index (κ1) is 15.2. The second-order valence-electron chi connectivity index (χ2n) is 5.06. The molecule has 116 valence electrons. The van der Waals surface area contributed by atoms with E-state index in [1.165, 1.54) is 17.7 Å². The lowest BCUT2D eigenvalue weighted by Gasteiger charge is -2.09. The van der Waals surface area contributed by atoms with Crippen LogP contribution >= 0.6 is 12.2 Å². The maximum absolute atomic E-state index is 12.7. The van der Waals surface area contributed by atoms with Crippen LogP contribution in [0.25, 0.3) is 10.9 Å². The number of esters is 1. The van der Waals surface area contributed by atoms with Gasteiger partial charge in [0.15, 0.2) is 4.77 Å². The lowest BCUT2D eigenvalue weighted by molar-refractivity contribution is 0.0601. The Labute approximate surface area is 137 Å². The SMILES string of the molecule is COC(=O)c1ccc2[nH]c(=S)n(Cc3ccccc3)c(=O)c2c1. The summed E-state index contributed by atoms with van der Waals surface area (Å²) in [6, 6.07) is 14.4. The van der Waals surface area contributed by atoms with Crippen LogP contribution in [-0.2, 0) is 11.3 Å². The van der Waals surface area contributed by atoms with Crippen LogP contribution < -0.4 is 5.56 Å². The monoisotopic (exact) mass is 326 g/mol. The smallest absolute Gasteiger partial charge is 0.337 e. The Morgan fingerprint density at radius 3 is 2.65 bits per heavy atom. The molecule has 0 aliphatic rings. The molecule has 0 unspecified atom stereocenters. The van der Waals surface area contributed by atoms with Crippen LogP contribution in [0, 0.1) is 4.77 Å². The van der Waals surface area contributed by atoms with E-state index in [0.29, 0.717) is 27.8 Å². The van der Waals surface area contributed by atoms with Gasteiger partial charge in [-0.25, -0.2) is 4.79 Å². The van der Waals surface area contributed by atoms with Crippen LogP contribution in [-0.4, -0.2) is 22.6 Å². The van der Waals surface area contributed by atoms with E-state index >= 15 is 0 Å². The molecular weight excluding hydrogens is 312 g/mol. The van der Waals surface area contributed by atoms with Gasteiger partial charge in [0.2, 0.25) is 0 Å². The highest BCUT2D eigenvalue weighted by molar-refractivity contribution is 7.71. The molecule has 0 saturated heterocycles. The molecule has 3 rings (SSSR count). The zero-order valence-electron chi connectivity index (χ0n) is 12.4. The maximum atomic E-state index is 12.7. The first-order valence-corrected chi connectivity index (χ1v) is 7.40. The maximum Gasteiger partial charge on any atom is 0.337 e. The number of hydrogen-bond donors (Lipinski definition) is 1. The summed E-state index contributed by atoms with van der Waals surface area (Å²) in [4.78, 5) is 27.4. The predicted molar refractivity (Wildman–Crippen MR) is 90.3 cm³/mol. The van der Waals surface area contributed by atoms with E-state index in [1.807, 2.05) is 30.3 Å². The van der Waals surface area contributed by atoms with Crippen molar-refractivity contribution in [2.24, 2.45) is 0 Å². The van der Waals surface area contributed by atoms with Gasteiger partial charge in [0.1, 0.15) is 0 Å². The molecule has 0 saturated carbocycles. The van der Waals surface area contributed by atoms with Crippen molar-refractivity contribution >= 4 is 29.1 Å². The van der Waals surface area contributed by atoms with E-state index in [-0.39, 0.29) is 5.56 Å². The van der Waals surface area contributed by atoms with Crippen molar-refractivity contribution in [1.29, 1.82) is 0 Å². The first-order chi connectivity index (χ1) is 11.1. The third-order valence-electron chi connectivity index (χ3n) is 3.59. The Morgan fingerprint density at radius 1 is 1.22 bits per heavy atom. The van der Waals surface area contributed by atoms with E-state index < -0.39 is 5.97 Å². The molecular formula is C17H14N2O3S. The third-order valence-corrected chi connectivity index (χ3v) is 3.91. The molecule has 0 aliphatic carbocycles. The van der Waals surface area contributed by atoms with Gasteiger partial charge < -0.3 is 9.72 Å². The molecule has 0 fully saturated rings. The Morgan fingerprint density at radius 2 is 1.96 bits per heavy atom. The molecule has 0 radical (unpaired) electrons. The molecule has 3 aromatic rings. The highest BCUT2D eigenvalue weighted by Crippen LogP contribution is 2.12. The Balaban J connectivity index is 2.17. The fraction of sp³-hybridized carbons (Fsp3) is 0.118. The summed E-state index contributed by atoms with van der Waals surface area (Å²) in [5.41, 5.74) is 1.65. The molecule has 1 heterocycles. The fourth-order valence-electron chi connectivity index (χ4n) is 2.40. The van der Waals surface area contributed by atoms with Crippen molar-refractivity contribution in [3.8, 4) is 0 Å². The lowest BCUT2D eigenvalue weighted by atomic mass is 10.1. The fourth-order valence-corrected chi connectivity index (χ4v) is 2.66. The minimum atomic E-state index is -0.483. The van der Waals surface area contributed by atoms with Crippen LogP contribution in [0.2, 0.25) is 0 Å². The number of hydrogen-bond acceptors (Lipinski definition) is 4. The first-order valence-electron chi connectivity index (χ1n) is 6.99. The number of ether oxygens (including phenoxy) is 1. The van der Waals surface area contributed by atoms with Crippen molar-refractivity contribution in [2.45, 2.75) is 6.54 Å². The summed E-state index contributed by atoms with van der Waals surface area (Å²) in [6.07, 6.45) is 0. The summed E-state index contributed by atoms with van der Waals surface area (Å²) < 4.78 is 6.52. The average Bonchev–Trinajstić information content (AvgIpc) is 2.58. The number of nitrogens with one attached hydrogen (secondary N) is 1. The van der Waals surface area contributed by atoms with Crippen LogP contribution in [0.5, 0.6) is 0 Å². The largest absolute Gasteiger partial charge is 0.465 e. The summed E-state index contributed by atoms with van der Waals surface area (Å²) in [6.45, 7) is 0.368. The highest BCUT2D eigenvalue weighted by Gasteiger charge is 2.11. The van der Waals surface area contributed by atoms with Crippen molar-refractivity contribution in [3.63, 3.8) is 0 Å². The van der Waals surface area contributed by atoms with Crippen LogP contribution in [0.15, 0.2) is 53.3 Å². The van der Waals surface area contributed by atoms with E-state index in [9.17, 15) is 9.59 Å². The molecule has 0 spiro atoms. The highest BCUT2D eigenvalue weighted by atomic mass is 32.1. The third kappa shape index (κ3) is 2.93. The van der Waals surface area contributed by atoms with Gasteiger partial charge in [-0.3, -0.25) is 9.36 Å². The van der Waals surface area contributed by atoms with Crippen LogP contribution in [0.4, 0.5) is 0 Å². The average molecular weight is 326 g/mol. The summed E-state index contributed by atoms with van der Waals surface area (Å²) >= 11 is 5.29. The van der Waals surface area contributed by atoms with E-state index in [0.717, 1.165) is 5.56 Å². The van der Waals surface area contributed by atoms with Crippen molar-refractivity contribution in [2.75, 3.05) is 7.11 Å². The molecule has 6 heteroatoms. The van der Waals surface area contributed by atoms with Gasteiger partial charge in [0, 0.05) is 0 Å². The molecule has 5 nitrogen and oxygen atoms in total. The zero-order chi connectivity index (χ0) is 16.4. The van der Waals surface area contributed by atoms with Crippen LogP contribution in [0.1, 0.15) is 15.9 Å². The van der Waals surface area contributed by atoms with Crippen molar-refractivity contribution in [3.05, 3.63) is 74.8 Å². The number of rotatable bonds is 3. The molecule has 1 N–H and O–H groups in total. The van der Waals surface area contributed by atoms with Gasteiger partial charge >= 0.3 is 5.97 Å². The Hall–Kier alpha value is -2.73. The predicted octanol–water partition coefficient (Wildman–Crippen LogP) is 2.89.